The topological polar surface area (TPSA) is 52.6 Å². The number of hydrogen-bond acceptors (Lipinski definition) is 4. The molecule has 140 valence electrons. The molecule has 0 rings (SSSR count). The zero-order valence-electron chi connectivity index (χ0n) is 16.1. The maximum Gasteiger partial charge on any atom is 0.333 e. The minimum atomic E-state index is -2.03. The van der Waals surface area contributed by atoms with E-state index in [4.69, 9.17) is 9.16 Å². The monoisotopic (exact) mass is 356 g/mol. The first kappa shape index (κ1) is 22.9. The van der Waals surface area contributed by atoms with Crippen LogP contribution in [0, 0.1) is 0 Å². The first-order valence-corrected chi connectivity index (χ1v) is 12.0. The minimum absolute atomic E-state index is 0.0737. The van der Waals surface area contributed by atoms with Crippen molar-refractivity contribution >= 4 is 20.3 Å². The largest absolute Gasteiger partial charge is 0.519 e. The summed E-state index contributed by atoms with van der Waals surface area (Å²) in [6, 6.07) is 3.17. The average Bonchev–Trinajstić information content (AvgIpc) is 2.55. The number of unbranched alkanes of at least 4 members (excludes halogenated alkanes) is 3. The highest BCUT2D eigenvalue weighted by atomic mass is 28.4. The molecule has 4 nitrogen and oxygen atoms in total. The molecule has 0 saturated heterocycles. The van der Waals surface area contributed by atoms with E-state index >= 15 is 0 Å². The van der Waals surface area contributed by atoms with Gasteiger partial charge < -0.3 is 9.16 Å². The molecule has 0 aromatic carbocycles. The van der Waals surface area contributed by atoms with Crippen LogP contribution in [0.4, 0.5) is 0 Å². The van der Waals surface area contributed by atoms with Gasteiger partial charge in [0.1, 0.15) is 6.61 Å². The summed E-state index contributed by atoms with van der Waals surface area (Å²) in [5.74, 6) is -0.659. The molecule has 5 heteroatoms. The molecule has 0 aliphatic rings. The molecular weight excluding hydrogens is 320 g/mol. The lowest BCUT2D eigenvalue weighted by Gasteiger charge is -2.31. The lowest BCUT2D eigenvalue weighted by atomic mass is 10.4. The second-order valence-corrected chi connectivity index (χ2v) is 10.7. The normalized spacial score (nSPS) is 11.2. The van der Waals surface area contributed by atoms with Crippen molar-refractivity contribution in [3.8, 4) is 0 Å². The molecule has 0 saturated carbocycles. The van der Waals surface area contributed by atoms with Gasteiger partial charge in [0.25, 0.3) is 14.3 Å². The van der Waals surface area contributed by atoms with Gasteiger partial charge in [-0.2, -0.15) is 0 Å². The summed E-state index contributed by atoms with van der Waals surface area (Å²) in [6.45, 7) is 11.7. The van der Waals surface area contributed by atoms with Crippen LogP contribution in [0.3, 0.4) is 0 Å². The van der Waals surface area contributed by atoms with E-state index in [1.165, 1.54) is 0 Å². The summed E-state index contributed by atoms with van der Waals surface area (Å²) in [4.78, 5) is 23.7. The standard InChI is InChI=1S/C19H36O4Si/c1-6-9-14-24(15-10-7-2,16-11-8-3)23-18(20)12-13-22-19(21)17(4)5/h4,6-16H2,1-3,5H3. The highest BCUT2D eigenvalue weighted by Crippen LogP contribution is 2.30. The summed E-state index contributed by atoms with van der Waals surface area (Å²) >= 11 is 0. The molecule has 0 N–H and O–H groups in total. The summed E-state index contributed by atoms with van der Waals surface area (Å²) in [7, 11) is -2.03. The van der Waals surface area contributed by atoms with Gasteiger partial charge in [-0.25, -0.2) is 4.79 Å². The average molecular weight is 357 g/mol. The third-order valence-electron chi connectivity index (χ3n) is 4.18. The molecule has 0 heterocycles. The summed E-state index contributed by atoms with van der Waals surface area (Å²) < 4.78 is 11.1. The molecule has 0 spiro atoms. The van der Waals surface area contributed by atoms with Crippen LogP contribution in [-0.2, 0) is 18.8 Å². The van der Waals surface area contributed by atoms with Crippen LogP contribution < -0.4 is 0 Å². The van der Waals surface area contributed by atoms with Gasteiger partial charge in [-0.1, -0.05) is 65.9 Å². The molecule has 0 atom stereocenters. The van der Waals surface area contributed by atoms with E-state index in [1.54, 1.807) is 6.92 Å². The maximum absolute atomic E-state index is 12.3. The molecule has 0 bridgehead atoms. The molecule has 0 amide bonds. The van der Waals surface area contributed by atoms with E-state index in [2.05, 4.69) is 27.4 Å². The van der Waals surface area contributed by atoms with Gasteiger partial charge in [0, 0.05) is 5.57 Å². The van der Waals surface area contributed by atoms with E-state index < -0.39 is 14.3 Å². The smallest absolute Gasteiger partial charge is 0.333 e. The fourth-order valence-electron chi connectivity index (χ4n) is 2.67. The van der Waals surface area contributed by atoms with Crippen molar-refractivity contribution < 1.29 is 18.8 Å². The van der Waals surface area contributed by atoms with Crippen LogP contribution in [-0.4, -0.2) is 26.9 Å². The first-order valence-electron chi connectivity index (χ1n) is 9.45. The van der Waals surface area contributed by atoms with Gasteiger partial charge in [-0.15, -0.1) is 0 Å². The molecule has 0 aromatic rings. The molecule has 0 radical (unpaired) electrons. The highest BCUT2D eigenvalue weighted by Gasteiger charge is 2.36. The molecular formula is C19H36O4Si. The van der Waals surface area contributed by atoms with Gasteiger partial charge >= 0.3 is 5.97 Å². The van der Waals surface area contributed by atoms with Crippen LogP contribution in [0.25, 0.3) is 0 Å². The van der Waals surface area contributed by atoms with Gasteiger partial charge in [-0.3, -0.25) is 4.79 Å². The molecule has 0 unspecified atom stereocenters. The Labute approximate surface area is 149 Å². The Balaban J connectivity index is 4.70. The number of carbonyl (C=O) groups excluding carboxylic acids is 2. The lowest BCUT2D eigenvalue weighted by Crippen LogP contribution is -2.40. The first-order chi connectivity index (χ1) is 11.4. The van der Waals surface area contributed by atoms with E-state index in [0.717, 1.165) is 56.7 Å². The number of esters is 1. The van der Waals surface area contributed by atoms with Crippen molar-refractivity contribution in [2.75, 3.05) is 6.61 Å². The summed E-state index contributed by atoms with van der Waals surface area (Å²) in [5.41, 5.74) is 0.348. The van der Waals surface area contributed by atoms with Crippen molar-refractivity contribution in [1.29, 1.82) is 0 Å². The summed E-state index contributed by atoms with van der Waals surface area (Å²) in [6.07, 6.45) is 6.88. The third kappa shape index (κ3) is 9.91. The van der Waals surface area contributed by atoms with Crippen molar-refractivity contribution in [2.24, 2.45) is 0 Å². The van der Waals surface area contributed by atoms with E-state index in [9.17, 15) is 9.59 Å². The molecule has 0 aliphatic heterocycles. The molecule has 0 aromatic heterocycles. The number of rotatable bonds is 14. The maximum atomic E-state index is 12.3. The third-order valence-corrected chi connectivity index (χ3v) is 8.63. The Bertz CT molecular complexity index is 371. The van der Waals surface area contributed by atoms with Crippen LogP contribution in [0.2, 0.25) is 18.1 Å². The highest BCUT2D eigenvalue weighted by molar-refractivity contribution is 6.75. The van der Waals surface area contributed by atoms with Crippen molar-refractivity contribution in [2.45, 2.75) is 90.8 Å². The minimum Gasteiger partial charge on any atom is -0.519 e. The van der Waals surface area contributed by atoms with Crippen LogP contribution >= 0.6 is 0 Å². The fourth-order valence-corrected chi connectivity index (χ4v) is 7.30. The van der Waals surface area contributed by atoms with Crippen LogP contribution in [0.15, 0.2) is 12.2 Å². The SMILES string of the molecule is C=C(C)C(=O)OCCC(=O)O[Si](CCCC)(CCCC)CCCC. The molecule has 0 fully saturated rings. The van der Waals surface area contributed by atoms with Crippen molar-refractivity contribution in [3.63, 3.8) is 0 Å². The Kier molecular flexibility index (Phi) is 12.6. The Hall–Kier alpha value is -1.10. The van der Waals surface area contributed by atoms with Gasteiger partial charge in [0.05, 0.1) is 6.42 Å². The zero-order chi connectivity index (χ0) is 18.4. The Morgan fingerprint density at radius 1 is 0.917 bits per heavy atom. The predicted octanol–water partition coefficient (Wildman–Crippen LogP) is 5.38. The fraction of sp³-hybridized carbons (Fsp3) is 0.789. The van der Waals surface area contributed by atoms with E-state index in [0.29, 0.717) is 5.57 Å². The van der Waals surface area contributed by atoms with E-state index in [1.807, 2.05) is 0 Å². The van der Waals surface area contributed by atoms with Crippen molar-refractivity contribution in [1.82, 2.24) is 0 Å². The predicted molar refractivity (Wildman–Crippen MR) is 101 cm³/mol. The zero-order valence-corrected chi connectivity index (χ0v) is 17.1. The molecule has 0 aliphatic carbocycles. The van der Waals surface area contributed by atoms with Crippen LogP contribution in [0.5, 0.6) is 0 Å². The van der Waals surface area contributed by atoms with Gasteiger partial charge in [0.2, 0.25) is 0 Å². The summed E-state index contributed by atoms with van der Waals surface area (Å²) in [5, 5.41) is 0. The lowest BCUT2D eigenvalue weighted by molar-refractivity contribution is -0.142. The Morgan fingerprint density at radius 2 is 1.38 bits per heavy atom. The Morgan fingerprint density at radius 3 is 1.75 bits per heavy atom. The quantitative estimate of drug-likeness (QED) is 0.238. The van der Waals surface area contributed by atoms with Gasteiger partial charge in [0.15, 0.2) is 0 Å². The number of hydrogen-bond donors (Lipinski definition) is 0. The van der Waals surface area contributed by atoms with Crippen molar-refractivity contribution in [3.05, 3.63) is 12.2 Å². The van der Waals surface area contributed by atoms with Gasteiger partial charge in [-0.05, 0) is 25.1 Å². The second-order valence-electron chi connectivity index (χ2n) is 6.63. The van der Waals surface area contributed by atoms with Crippen LogP contribution in [0.1, 0.15) is 72.6 Å². The molecule has 24 heavy (non-hydrogen) atoms. The number of carbonyl (C=O) groups is 2. The van der Waals surface area contributed by atoms with E-state index in [-0.39, 0.29) is 19.0 Å². The second kappa shape index (κ2) is 13.2. The number of ether oxygens (including phenoxy) is 1.